The van der Waals surface area contributed by atoms with Crippen molar-refractivity contribution >= 4 is 11.6 Å². The minimum absolute atomic E-state index is 0.231. The second kappa shape index (κ2) is 6.15. The predicted octanol–water partition coefficient (Wildman–Crippen LogP) is -0.00830. The Balaban J connectivity index is 1.42. The van der Waals surface area contributed by atoms with Gasteiger partial charge in [0.1, 0.15) is 18.3 Å². The summed E-state index contributed by atoms with van der Waals surface area (Å²) < 4.78 is 14.9. The maximum Gasteiger partial charge on any atom is 0.253 e. The summed E-state index contributed by atoms with van der Waals surface area (Å²) in [6.45, 7) is 0.552. The number of hydrogen-bond acceptors (Lipinski definition) is 6. The van der Waals surface area contributed by atoms with Gasteiger partial charge in [-0.3, -0.25) is 9.20 Å². The molecule has 0 saturated carbocycles. The summed E-state index contributed by atoms with van der Waals surface area (Å²) in [6, 6.07) is 7.06. The molecule has 2 aliphatic heterocycles. The second-order valence-corrected chi connectivity index (χ2v) is 6.92. The number of amides is 1. The first kappa shape index (κ1) is 16.4. The molecule has 2 fully saturated rings. The van der Waals surface area contributed by atoms with E-state index in [2.05, 4.69) is 15.5 Å². The molecule has 2 aliphatic rings. The monoisotopic (exact) mass is 369 g/mol. The van der Waals surface area contributed by atoms with Gasteiger partial charge in [0.15, 0.2) is 11.5 Å². The van der Waals surface area contributed by atoms with E-state index in [0.717, 1.165) is 5.69 Å². The van der Waals surface area contributed by atoms with Crippen LogP contribution in [-0.4, -0.2) is 67.7 Å². The van der Waals surface area contributed by atoms with Crippen LogP contribution in [0.15, 0.2) is 36.7 Å². The molecule has 4 atom stereocenters. The van der Waals surface area contributed by atoms with E-state index in [9.17, 15) is 9.90 Å². The topological polar surface area (TPSA) is 103 Å². The van der Waals surface area contributed by atoms with Crippen LogP contribution < -0.4 is 5.32 Å². The molecule has 1 amide bonds. The molecule has 5 heterocycles. The lowest BCUT2D eigenvalue weighted by Gasteiger charge is -2.17. The van der Waals surface area contributed by atoms with Crippen molar-refractivity contribution in [3.05, 3.63) is 42.2 Å². The summed E-state index contributed by atoms with van der Waals surface area (Å²) in [4.78, 5) is 12.8. The highest BCUT2D eigenvalue weighted by molar-refractivity contribution is 5.94. The number of carbonyl (C=O) groups excluding carboxylic acids is 1. The van der Waals surface area contributed by atoms with Crippen molar-refractivity contribution in [2.45, 2.75) is 24.4 Å². The zero-order valence-electron chi connectivity index (χ0n) is 14.6. The molecule has 9 heteroatoms. The van der Waals surface area contributed by atoms with Crippen LogP contribution >= 0.6 is 0 Å². The van der Waals surface area contributed by atoms with Gasteiger partial charge in [0.05, 0.1) is 30.5 Å². The summed E-state index contributed by atoms with van der Waals surface area (Å²) in [6.07, 6.45) is 2.32. The molecule has 5 rings (SSSR count). The van der Waals surface area contributed by atoms with Crippen molar-refractivity contribution in [3.8, 4) is 11.5 Å². The molecule has 0 aromatic carbocycles. The zero-order valence-corrected chi connectivity index (χ0v) is 14.6. The molecule has 27 heavy (non-hydrogen) atoms. The predicted molar refractivity (Wildman–Crippen MR) is 94.1 cm³/mol. The lowest BCUT2D eigenvalue weighted by Crippen LogP contribution is -2.44. The normalized spacial score (nSPS) is 27.2. The Bertz CT molecular complexity index is 1010. The van der Waals surface area contributed by atoms with Crippen molar-refractivity contribution in [1.82, 2.24) is 24.5 Å². The van der Waals surface area contributed by atoms with E-state index >= 15 is 0 Å². The first-order valence-electron chi connectivity index (χ1n) is 8.80. The first-order chi connectivity index (χ1) is 13.1. The number of hydrogen-bond donors (Lipinski definition) is 2. The molecule has 3 aromatic heterocycles. The molecule has 2 N–H and O–H groups in total. The summed E-state index contributed by atoms with van der Waals surface area (Å²) in [5.74, 6) is 0.432. The average molecular weight is 369 g/mol. The Labute approximate surface area is 154 Å². The third-order valence-electron chi connectivity index (χ3n) is 5.18. The zero-order chi connectivity index (χ0) is 18.5. The van der Waals surface area contributed by atoms with Gasteiger partial charge in [0.25, 0.3) is 5.91 Å². The Morgan fingerprint density at radius 3 is 2.89 bits per heavy atom. The number of nitrogens with one attached hydrogen (secondary N) is 1. The SMILES string of the molecule is Cn1cccc1-c1nnc2ccc(C(=O)N[C@H]3CO[C@H]4[C@@H]3OC[C@H]4O)cn12. The third-order valence-corrected chi connectivity index (χ3v) is 5.18. The molecule has 2 saturated heterocycles. The Hall–Kier alpha value is -2.75. The summed E-state index contributed by atoms with van der Waals surface area (Å²) in [5, 5.41) is 21.2. The maximum atomic E-state index is 12.8. The van der Waals surface area contributed by atoms with Crippen LogP contribution in [0.4, 0.5) is 0 Å². The molecule has 0 aliphatic carbocycles. The second-order valence-electron chi connectivity index (χ2n) is 6.92. The van der Waals surface area contributed by atoms with E-state index in [4.69, 9.17) is 9.47 Å². The molecule has 0 spiro atoms. The Kier molecular flexibility index (Phi) is 3.74. The van der Waals surface area contributed by atoms with Crippen molar-refractivity contribution < 1.29 is 19.4 Å². The van der Waals surface area contributed by atoms with Crippen LogP contribution in [0.3, 0.4) is 0 Å². The van der Waals surface area contributed by atoms with Gasteiger partial charge in [-0.2, -0.15) is 0 Å². The third kappa shape index (κ3) is 2.62. The van der Waals surface area contributed by atoms with Crippen LogP contribution in [0.2, 0.25) is 0 Å². The van der Waals surface area contributed by atoms with Crippen molar-refractivity contribution in [3.63, 3.8) is 0 Å². The van der Waals surface area contributed by atoms with Gasteiger partial charge in [0, 0.05) is 19.4 Å². The molecular weight excluding hydrogens is 350 g/mol. The van der Waals surface area contributed by atoms with Gasteiger partial charge < -0.3 is 24.5 Å². The van der Waals surface area contributed by atoms with Gasteiger partial charge in [-0.25, -0.2) is 0 Å². The van der Waals surface area contributed by atoms with E-state index < -0.39 is 6.10 Å². The largest absolute Gasteiger partial charge is 0.388 e. The number of nitrogens with zero attached hydrogens (tertiary/aromatic N) is 4. The number of aliphatic hydroxyl groups excluding tert-OH is 1. The van der Waals surface area contributed by atoms with E-state index in [-0.39, 0.29) is 30.8 Å². The summed E-state index contributed by atoms with van der Waals surface area (Å²) >= 11 is 0. The highest BCUT2D eigenvalue weighted by atomic mass is 16.6. The molecule has 0 bridgehead atoms. The van der Waals surface area contributed by atoms with E-state index in [1.807, 2.05) is 29.9 Å². The van der Waals surface area contributed by atoms with Gasteiger partial charge in [0.2, 0.25) is 0 Å². The minimum Gasteiger partial charge on any atom is -0.388 e. The smallest absolute Gasteiger partial charge is 0.253 e. The number of aryl methyl sites for hydroxylation is 1. The number of carbonyl (C=O) groups is 1. The maximum absolute atomic E-state index is 12.8. The Morgan fingerprint density at radius 2 is 2.07 bits per heavy atom. The fraction of sp³-hybridized carbons (Fsp3) is 0.389. The molecule has 3 aromatic rings. The van der Waals surface area contributed by atoms with E-state index in [1.54, 1.807) is 22.7 Å². The van der Waals surface area contributed by atoms with Gasteiger partial charge in [-0.1, -0.05) is 0 Å². The average Bonchev–Trinajstić information content (AvgIpc) is 3.42. The molecule has 0 unspecified atom stereocenters. The molecule has 0 radical (unpaired) electrons. The standard InChI is InChI=1S/C18H19N5O4/c1-22-6-2-3-12(22)17-21-20-14-5-4-10(7-23(14)17)18(25)19-11-8-26-16-13(24)9-27-15(11)16/h2-7,11,13,15-16,24H,8-9H2,1H3,(H,19,25)/t11-,13+,15+,16+/m0/s1. The number of pyridine rings is 1. The highest BCUT2D eigenvalue weighted by Crippen LogP contribution is 2.27. The fourth-order valence-electron chi connectivity index (χ4n) is 3.75. The number of rotatable bonds is 3. The van der Waals surface area contributed by atoms with Crippen LogP contribution in [0.1, 0.15) is 10.4 Å². The quantitative estimate of drug-likeness (QED) is 0.673. The lowest BCUT2D eigenvalue weighted by molar-refractivity contribution is 0.0178. The first-order valence-corrected chi connectivity index (χ1v) is 8.80. The summed E-state index contributed by atoms with van der Waals surface area (Å²) in [5.41, 5.74) is 2.05. The van der Waals surface area contributed by atoms with Crippen LogP contribution in [0.25, 0.3) is 17.2 Å². The lowest BCUT2D eigenvalue weighted by atomic mass is 10.1. The van der Waals surface area contributed by atoms with Crippen molar-refractivity contribution in [2.75, 3.05) is 13.2 Å². The van der Waals surface area contributed by atoms with Crippen LogP contribution in [-0.2, 0) is 16.5 Å². The number of fused-ring (bicyclic) bond motifs is 2. The van der Waals surface area contributed by atoms with Crippen molar-refractivity contribution in [1.29, 1.82) is 0 Å². The van der Waals surface area contributed by atoms with Crippen molar-refractivity contribution in [2.24, 2.45) is 7.05 Å². The van der Waals surface area contributed by atoms with Gasteiger partial charge in [-0.15, -0.1) is 10.2 Å². The number of aliphatic hydroxyl groups is 1. The Morgan fingerprint density at radius 1 is 1.22 bits per heavy atom. The summed E-state index contributed by atoms with van der Waals surface area (Å²) in [7, 11) is 1.93. The number of ether oxygens (including phenoxy) is 2. The fourth-order valence-corrected chi connectivity index (χ4v) is 3.75. The highest BCUT2D eigenvalue weighted by Gasteiger charge is 2.47. The van der Waals surface area contributed by atoms with E-state index in [0.29, 0.717) is 23.6 Å². The molecule has 9 nitrogen and oxygen atoms in total. The van der Waals surface area contributed by atoms with Gasteiger partial charge in [-0.05, 0) is 24.3 Å². The molecular formula is C18H19N5O4. The van der Waals surface area contributed by atoms with Crippen LogP contribution in [0.5, 0.6) is 0 Å². The molecule has 140 valence electrons. The minimum atomic E-state index is -0.641. The van der Waals surface area contributed by atoms with E-state index in [1.165, 1.54) is 0 Å². The van der Waals surface area contributed by atoms with Crippen LogP contribution in [0, 0.1) is 0 Å². The van der Waals surface area contributed by atoms with Gasteiger partial charge >= 0.3 is 0 Å². The number of aromatic nitrogens is 4.